The van der Waals surface area contributed by atoms with Gasteiger partial charge < -0.3 is 14.8 Å². The van der Waals surface area contributed by atoms with Crippen LogP contribution in [0.25, 0.3) is 0 Å². The fourth-order valence-corrected chi connectivity index (χ4v) is 1.87. The number of nitrogens with one attached hydrogen (secondary N) is 1. The number of esters is 1. The van der Waals surface area contributed by atoms with Crippen LogP contribution in [0.4, 0.5) is 10.1 Å². The number of amides is 1. The highest BCUT2D eigenvalue weighted by atomic mass is 19.1. The number of benzene rings is 2. The van der Waals surface area contributed by atoms with E-state index in [2.05, 4.69) is 5.32 Å². The van der Waals surface area contributed by atoms with Crippen LogP contribution in [0.5, 0.6) is 5.75 Å². The van der Waals surface area contributed by atoms with Gasteiger partial charge in [-0.3, -0.25) is 4.79 Å². The molecular formula is C18H15FN2O4. The maximum absolute atomic E-state index is 12.8. The number of nitrogens with zero attached hydrogens (tertiary/aromatic N) is 1. The number of anilines is 1. The Morgan fingerprint density at radius 1 is 1.24 bits per heavy atom. The van der Waals surface area contributed by atoms with E-state index < -0.39 is 30.4 Å². The Balaban J connectivity index is 1.82. The SMILES string of the molecule is C[C@H](OC(=O)COc1ccc(F)cc1)C(=O)Nc1cccc(C#N)c1. The third-order valence-electron chi connectivity index (χ3n) is 3.11. The summed E-state index contributed by atoms with van der Waals surface area (Å²) in [6, 6.07) is 13.5. The Morgan fingerprint density at radius 2 is 1.96 bits per heavy atom. The van der Waals surface area contributed by atoms with Crippen molar-refractivity contribution in [1.82, 2.24) is 0 Å². The van der Waals surface area contributed by atoms with Crippen LogP contribution in [0.2, 0.25) is 0 Å². The van der Waals surface area contributed by atoms with Crippen LogP contribution in [0, 0.1) is 17.1 Å². The molecule has 0 saturated carbocycles. The molecule has 6 nitrogen and oxygen atoms in total. The Morgan fingerprint density at radius 3 is 2.64 bits per heavy atom. The first-order valence-corrected chi connectivity index (χ1v) is 7.37. The second-order valence-electron chi connectivity index (χ2n) is 5.06. The van der Waals surface area contributed by atoms with Crippen molar-refractivity contribution in [3.63, 3.8) is 0 Å². The first kappa shape index (κ1) is 17.9. The maximum Gasteiger partial charge on any atom is 0.344 e. The van der Waals surface area contributed by atoms with Gasteiger partial charge in [-0.1, -0.05) is 6.07 Å². The Bertz CT molecular complexity index is 799. The minimum Gasteiger partial charge on any atom is -0.482 e. The summed E-state index contributed by atoms with van der Waals surface area (Å²) in [5.41, 5.74) is 0.824. The van der Waals surface area contributed by atoms with Gasteiger partial charge >= 0.3 is 5.97 Å². The summed E-state index contributed by atoms with van der Waals surface area (Å²) in [5, 5.41) is 11.4. The molecule has 1 atom stereocenters. The minimum absolute atomic E-state index is 0.309. The van der Waals surface area contributed by atoms with Gasteiger partial charge in [-0.05, 0) is 49.4 Å². The van der Waals surface area contributed by atoms with Gasteiger partial charge in [0.05, 0.1) is 11.6 Å². The van der Waals surface area contributed by atoms with Crippen LogP contribution in [-0.2, 0) is 14.3 Å². The van der Waals surface area contributed by atoms with Gasteiger partial charge in [-0.25, -0.2) is 9.18 Å². The number of carbonyl (C=O) groups excluding carboxylic acids is 2. The van der Waals surface area contributed by atoms with Crippen molar-refractivity contribution in [2.24, 2.45) is 0 Å². The van der Waals surface area contributed by atoms with Gasteiger partial charge in [-0.15, -0.1) is 0 Å². The number of hydrogen-bond acceptors (Lipinski definition) is 5. The lowest BCUT2D eigenvalue weighted by Crippen LogP contribution is -2.31. The van der Waals surface area contributed by atoms with Gasteiger partial charge in [0.2, 0.25) is 0 Å². The summed E-state index contributed by atoms with van der Waals surface area (Å²) in [4.78, 5) is 23.7. The number of ether oxygens (including phenoxy) is 2. The van der Waals surface area contributed by atoms with E-state index in [1.54, 1.807) is 18.2 Å². The lowest BCUT2D eigenvalue weighted by molar-refractivity contribution is -0.155. The molecule has 0 aliphatic carbocycles. The summed E-state index contributed by atoms with van der Waals surface area (Å²) in [5.74, 6) is -1.38. The highest BCUT2D eigenvalue weighted by Gasteiger charge is 2.18. The average Bonchev–Trinajstić information content (AvgIpc) is 2.61. The van der Waals surface area contributed by atoms with Crippen molar-refractivity contribution in [2.45, 2.75) is 13.0 Å². The second kappa shape index (κ2) is 8.45. The molecule has 25 heavy (non-hydrogen) atoms. The second-order valence-corrected chi connectivity index (χ2v) is 5.06. The fraction of sp³-hybridized carbons (Fsp3) is 0.167. The maximum atomic E-state index is 12.8. The molecule has 0 bridgehead atoms. The number of hydrogen-bond donors (Lipinski definition) is 1. The van der Waals surface area contributed by atoms with Crippen molar-refractivity contribution in [2.75, 3.05) is 11.9 Å². The average molecular weight is 342 g/mol. The summed E-state index contributed by atoms with van der Waals surface area (Å²) in [7, 11) is 0. The lowest BCUT2D eigenvalue weighted by Gasteiger charge is -2.14. The topological polar surface area (TPSA) is 88.4 Å². The minimum atomic E-state index is -1.05. The first-order valence-electron chi connectivity index (χ1n) is 7.37. The molecule has 128 valence electrons. The van der Waals surface area contributed by atoms with E-state index in [9.17, 15) is 14.0 Å². The van der Waals surface area contributed by atoms with E-state index in [-0.39, 0.29) is 0 Å². The van der Waals surface area contributed by atoms with Crippen LogP contribution in [0.15, 0.2) is 48.5 Å². The summed E-state index contributed by atoms with van der Waals surface area (Å²) >= 11 is 0. The van der Waals surface area contributed by atoms with Gasteiger partial charge in [0.25, 0.3) is 5.91 Å². The fourth-order valence-electron chi connectivity index (χ4n) is 1.87. The molecule has 2 aromatic carbocycles. The summed E-state index contributed by atoms with van der Waals surface area (Å²) in [6.45, 7) is 1.01. The monoisotopic (exact) mass is 342 g/mol. The van der Waals surface area contributed by atoms with E-state index in [0.29, 0.717) is 17.0 Å². The standard InChI is InChI=1S/C18H15FN2O4/c1-12(18(23)21-15-4-2-3-13(9-15)10-20)25-17(22)11-24-16-7-5-14(19)6-8-16/h2-9,12H,11H2,1H3,(H,21,23)/t12-/m0/s1. The Kier molecular flexibility index (Phi) is 6.07. The smallest absolute Gasteiger partial charge is 0.344 e. The van der Waals surface area contributed by atoms with E-state index in [0.717, 1.165) is 0 Å². The molecule has 1 N–H and O–H groups in total. The quantitative estimate of drug-likeness (QED) is 0.815. The zero-order valence-electron chi connectivity index (χ0n) is 13.4. The number of rotatable bonds is 6. The van der Waals surface area contributed by atoms with E-state index in [1.807, 2.05) is 6.07 Å². The molecule has 0 aliphatic rings. The molecule has 1 amide bonds. The first-order chi connectivity index (χ1) is 12.0. The number of nitriles is 1. The van der Waals surface area contributed by atoms with Crippen molar-refractivity contribution in [3.8, 4) is 11.8 Å². The van der Waals surface area contributed by atoms with E-state index >= 15 is 0 Å². The lowest BCUT2D eigenvalue weighted by atomic mass is 10.2. The normalized spacial score (nSPS) is 11.1. The highest BCUT2D eigenvalue weighted by Crippen LogP contribution is 2.12. The van der Waals surface area contributed by atoms with Crippen molar-refractivity contribution in [1.29, 1.82) is 5.26 Å². The van der Waals surface area contributed by atoms with E-state index in [4.69, 9.17) is 14.7 Å². The van der Waals surface area contributed by atoms with Crippen LogP contribution >= 0.6 is 0 Å². The number of halogens is 1. The summed E-state index contributed by atoms with van der Waals surface area (Å²) < 4.78 is 22.9. The Labute approximate surface area is 143 Å². The predicted molar refractivity (Wildman–Crippen MR) is 87.2 cm³/mol. The van der Waals surface area contributed by atoms with Gasteiger partial charge in [-0.2, -0.15) is 5.26 Å². The third kappa shape index (κ3) is 5.62. The Hall–Kier alpha value is -3.40. The molecule has 0 radical (unpaired) electrons. The molecule has 0 unspecified atom stereocenters. The van der Waals surface area contributed by atoms with Crippen molar-refractivity contribution < 1.29 is 23.5 Å². The van der Waals surface area contributed by atoms with Crippen LogP contribution < -0.4 is 10.1 Å². The molecular weight excluding hydrogens is 327 g/mol. The highest BCUT2D eigenvalue weighted by molar-refractivity contribution is 5.95. The van der Waals surface area contributed by atoms with Gasteiger partial charge in [0.1, 0.15) is 11.6 Å². The molecule has 0 aromatic heterocycles. The molecule has 0 aliphatic heterocycles. The molecule has 2 rings (SSSR count). The predicted octanol–water partition coefficient (Wildman–Crippen LogP) is 2.65. The van der Waals surface area contributed by atoms with Gasteiger partial charge in [0.15, 0.2) is 12.7 Å². The van der Waals surface area contributed by atoms with Crippen molar-refractivity contribution in [3.05, 3.63) is 59.9 Å². The molecule has 0 fully saturated rings. The zero-order chi connectivity index (χ0) is 18.2. The van der Waals surface area contributed by atoms with Gasteiger partial charge in [0, 0.05) is 5.69 Å². The third-order valence-corrected chi connectivity index (χ3v) is 3.11. The van der Waals surface area contributed by atoms with Crippen molar-refractivity contribution >= 4 is 17.6 Å². The largest absolute Gasteiger partial charge is 0.482 e. The zero-order valence-corrected chi connectivity index (χ0v) is 13.4. The van der Waals surface area contributed by atoms with Crippen LogP contribution in [0.3, 0.4) is 0 Å². The molecule has 2 aromatic rings. The number of carbonyl (C=O) groups is 2. The van der Waals surface area contributed by atoms with Crippen LogP contribution in [0.1, 0.15) is 12.5 Å². The van der Waals surface area contributed by atoms with Crippen LogP contribution in [-0.4, -0.2) is 24.6 Å². The molecule has 7 heteroatoms. The van der Waals surface area contributed by atoms with E-state index in [1.165, 1.54) is 37.3 Å². The molecule has 0 heterocycles. The summed E-state index contributed by atoms with van der Waals surface area (Å²) in [6.07, 6.45) is -1.05. The molecule has 0 spiro atoms. The molecule has 0 saturated heterocycles.